The Morgan fingerprint density at radius 2 is 1.91 bits per heavy atom. The van der Waals surface area contributed by atoms with Gasteiger partial charge in [-0.2, -0.15) is 13.2 Å². The van der Waals surface area contributed by atoms with E-state index < -0.39 is 12.8 Å². The molecule has 0 aliphatic carbocycles. The van der Waals surface area contributed by atoms with Crippen molar-refractivity contribution in [3.8, 4) is 5.88 Å². The molecule has 0 fully saturated rings. The number of pyridine rings is 1. The summed E-state index contributed by atoms with van der Waals surface area (Å²) < 4.78 is 40.6. The summed E-state index contributed by atoms with van der Waals surface area (Å²) in [5.41, 5.74) is 0.837. The zero-order valence-corrected chi connectivity index (χ0v) is 12.9. The Balaban J connectivity index is 1.95. The van der Waals surface area contributed by atoms with Crippen molar-refractivity contribution in [2.24, 2.45) is 0 Å². The molecule has 0 saturated carbocycles. The van der Waals surface area contributed by atoms with Crippen molar-refractivity contribution in [2.45, 2.75) is 11.1 Å². The fourth-order valence-electron chi connectivity index (χ4n) is 1.64. The van der Waals surface area contributed by atoms with Gasteiger partial charge in [0.1, 0.15) is 0 Å². The van der Waals surface area contributed by atoms with Crippen LogP contribution in [0.1, 0.15) is 10.4 Å². The Kier molecular flexibility index (Phi) is 5.49. The average molecular weight is 342 g/mol. The molecule has 0 bridgehead atoms. The van der Waals surface area contributed by atoms with E-state index in [1.54, 1.807) is 23.9 Å². The lowest BCUT2D eigenvalue weighted by Crippen LogP contribution is -2.19. The van der Waals surface area contributed by atoms with E-state index in [1.807, 2.05) is 18.4 Å². The minimum atomic E-state index is -4.42. The van der Waals surface area contributed by atoms with Crippen molar-refractivity contribution >= 4 is 23.4 Å². The quantitative estimate of drug-likeness (QED) is 0.835. The van der Waals surface area contributed by atoms with Gasteiger partial charge in [-0.1, -0.05) is 0 Å². The van der Waals surface area contributed by atoms with E-state index in [0.717, 1.165) is 4.90 Å². The molecular formula is C15H13F3N2O2S. The largest absolute Gasteiger partial charge is 0.468 e. The van der Waals surface area contributed by atoms with E-state index in [9.17, 15) is 18.0 Å². The van der Waals surface area contributed by atoms with Crippen molar-refractivity contribution in [1.82, 2.24) is 4.98 Å². The van der Waals surface area contributed by atoms with Crippen LogP contribution in [0.15, 0.2) is 47.5 Å². The fourth-order valence-corrected chi connectivity index (χ4v) is 2.05. The second-order valence-corrected chi connectivity index (χ2v) is 5.35. The molecule has 0 aliphatic rings. The average Bonchev–Trinajstić information content (AvgIpc) is 2.53. The molecule has 2 aromatic rings. The van der Waals surface area contributed by atoms with E-state index in [0.29, 0.717) is 11.3 Å². The van der Waals surface area contributed by atoms with Gasteiger partial charge in [-0.05, 0) is 36.6 Å². The number of nitrogens with one attached hydrogen (secondary N) is 1. The highest BCUT2D eigenvalue weighted by molar-refractivity contribution is 7.98. The highest BCUT2D eigenvalue weighted by atomic mass is 32.2. The molecule has 4 nitrogen and oxygen atoms in total. The number of nitrogens with zero attached hydrogens (tertiary/aromatic N) is 1. The zero-order chi connectivity index (χ0) is 16.9. The van der Waals surface area contributed by atoms with Crippen LogP contribution in [-0.2, 0) is 0 Å². The maximum Gasteiger partial charge on any atom is 0.422 e. The van der Waals surface area contributed by atoms with E-state index >= 15 is 0 Å². The number of halogens is 3. The highest BCUT2D eigenvalue weighted by Crippen LogP contribution is 2.19. The van der Waals surface area contributed by atoms with Gasteiger partial charge in [-0.25, -0.2) is 4.98 Å². The summed E-state index contributed by atoms with van der Waals surface area (Å²) in [5, 5.41) is 2.61. The van der Waals surface area contributed by atoms with Gasteiger partial charge in [-0.3, -0.25) is 4.79 Å². The molecule has 0 saturated heterocycles. The van der Waals surface area contributed by atoms with Crippen LogP contribution in [0.25, 0.3) is 0 Å². The summed E-state index contributed by atoms with van der Waals surface area (Å²) in [7, 11) is 0. The monoisotopic (exact) mass is 342 g/mol. The number of aromatic nitrogens is 1. The molecule has 1 aromatic heterocycles. The zero-order valence-electron chi connectivity index (χ0n) is 12.1. The number of alkyl halides is 3. The Morgan fingerprint density at radius 3 is 2.43 bits per heavy atom. The van der Waals surface area contributed by atoms with Crippen LogP contribution in [-0.4, -0.2) is 29.9 Å². The smallest absolute Gasteiger partial charge is 0.422 e. The lowest BCUT2D eigenvalue weighted by atomic mass is 10.2. The summed E-state index contributed by atoms with van der Waals surface area (Å²) in [6.07, 6.45) is -1.25. The standard InChI is InChI=1S/C15H13F3N2O2S/c1-23-12-5-2-10(3-6-12)14(21)20-11-4-7-13(19-8-11)22-9-15(16,17)18/h2-8H,9H2,1H3,(H,20,21). The highest BCUT2D eigenvalue weighted by Gasteiger charge is 2.28. The van der Waals surface area contributed by atoms with E-state index in [4.69, 9.17) is 0 Å². The minimum absolute atomic E-state index is 0.162. The summed E-state index contributed by atoms with van der Waals surface area (Å²) in [6, 6.07) is 9.72. The molecule has 122 valence electrons. The fraction of sp³-hybridized carbons (Fsp3) is 0.200. The molecule has 1 heterocycles. The second-order valence-electron chi connectivity index (χ2n) is 4.47. The van der Waals surface area contributed by atoms with Crippen LogP contribution in [0.5, 0.6) is 5.88 Å². The number of ether oxygens (including phenoxy) is 1. The van der Waals surface area contributed by atoms with Gasteiger partial charge < -0.3 is 10.1 Å². The van der Waals surface area contributed by atoms with Gasteiger partial charge >= 0.3 is 6.18 Å². The van der Waals surface area contributed by atoms with Gasteiger partial charge in [0, 0.05) is 16.5 Å². The summed E-state index contributed by atoms with van der Waals surface area (Å²) >= 11 is 1.57. The lowest BCUT2D eigenvalue weighted by molar-refractivity contribution is -0.154. The molecular weight excluding hydrogens is 329 g/mol. The minimum Gasteiger partial charge on any atom is -0.468 e. The van der Waals surface area contributed by atoms with Crippen molar-refractivity contribution in [3.63, 3.8) is 0 Å². The van der Waals surface area contributed by atoms with E-state index in [2.05, 4.69) is 15.0 Å². The summed E-state index contributed by atoms with van der Waals surface area (Å²) in [4.78, 5) is 16.8. The lowest BCUT2D eigenvalue weighted by Gasteiger charge is -2.09. The first-order valence-electron chi connectivity index (χ1n) is 6.48. The molecule has 2 rings (SSSR count). The third-order valence-electron chi connectivity index (χ3n) is 2.73. The topological polar surface area (TPSA) is 51.2 Å². The van der Waals surface area contributed by atoms with Crippen molar-refractivity contribution in [1.29, 1.82) is 0 Å². The van der Waals surface area contributed by atoms with Crippen LogP contribution >= 0.6 is 11.8 Å². The third-order valence-corrected chi connectivity index (χ3v) is 3.47. The number of hydrogen-bond donors (Lipinski definition) is 1. The van der Waals surface area contributed by atoms with Gasteiger partial charge in [0.25, 0.3) is 5.91 Å². The predicted molar refractivity (Wildman–Crippen MR) is 82.0 cm³/mol. The molecule has 0 spiro atoms. The number of anilines is 1. The van der Waals surface area contributed by atoms with Gasteiger partial charge in [0.05, 0.1) is 11.9 Å². The Labute approximate surface area is 135 Å². The number of thioether (sulfide) groups is 1. The van der Waals surface area contributed by atoms with E-state index in [-0.39, 0.29) is 11.8 Å². The maximum absolute atomic E-state index is 12.0. The maximum atomic E-state index is 12.0. The number of rotatable bonds is 5. The molecule has 1 N–H and O–H groups in total. The molecule has 1 aromatic carbocycles. The second kappa shape index (κ2) is 7.36. The number of carbonyl (C=O) groups excluding carboxylic acids is 1. The molecule has 1 amide bonds. The normalized spacial score (nSPS) is 11.1. The van der Waals surface area contributed by atoms with Gasteiger partial charge in [0.2, 0.25) is 5.88 Å². The molecule has 0 atom stereocenters. The van der Waals surface area contributed by atoms with E-state index in [1.165, 1.54) is 18.3 Å². The Hall–Kier alpha value is -2.22. The molecule has 0 radical (unpaired) electrons. The summed E-state index contributed by atoms with van der Waals surface area (Å²) in [6.45, 7) is -1.41. The predicted octanol–water partition coefficient (Wildman–Crippen LogP) is 4.00. The van der Waals surface area contributed by atoms with Crippen LogP contribution in [0, 0.1) is 0 Å². The van der Waals surface area contributed by atoms with Crippen LogP contribution in [0.3, 0.4) is 0 Å². The van der Waals surface area contributed by atoms with Crippen molar-refractivity contribution in [3.05, 3.63) is 48.2 Å². The van der Waals surface area contributed by atoms with Crippen molar-refractivity contribution < 1.29 is 22.7 Å². The van der Waals surface area contributed by atoms with Crippen molar-refractivity contribution in [2.75, 3.05) is 18.2 Å². The first-order valence-corrected chi connectivity index (χ1v) is 7.71. The van der Waals surface area contributed by atoms with Crippen LogP contribution in [0.4, 0.5) is 18.9 Å². The number of hydrogen-bond acceptors (Lipinski definition) is 4. The van der Waals surface area contributed by atoms with Crippen LogP contribution < -0.4 is 10.1 Å². The number of carbonyl (C=O) groups is 1. The Bertz CT molecular complexity index is 658. The Morgan fingerprint density at radius 1 is 1.22 bits per heavy atom. The molecule has 8 heteroatoms. The van der Waals surface area contributed by atoms with Crippen LogP contribution in [0.2, 0.25) is 0 Å². The number of benzene rings is 1. The molecule has 0 unspecified atom stereocenters. The first-order chi connectivity index (χ1) is 10.9. The number of amides is 1. The molecule has 0 aliphatic heterocycles. The summed E-state index contributed by atoms with van der Waals surface area (Å²) in [5.74, 6) is -0.493. The van der Waals surface area contributed by atoms with Gasteiger partial charge in [-0.15, -0.1) is 11.8 Å². The third kappa shape index (κ3) is 5.48. The van der Waals surface area contributed by atoms with Gasteiger partial charge in [0.15, 0.2) is 6.61 Å². The SMILES string of the molecule is CSc1ccc(C(=O)Nc2ccc(OCC(F)(F)F)nc2)cc1. The first kappa shape index (κ1) is 17.1. The molecule has 23 heavy (non-hydrogen) atoms.